The zero-order valence-electron chi connectivity index (χ0n) is 21.2. The Balaban J connectivity index is 1.24. The maximum absolute atomic E-state index is 12.9. The first-order valence-corrected chi connectivity index (χ1v) is 13.1. The molecule has 5 rings (SSSR count). The Hall–Kier alpha value is -3.77. The molecule has 2 aromatic heterocycles. The number of piperidine rings is 1. The van der Waals surface area contributed by atoms with Crippen LogP contribution in [-0.4, -0.2) is 56.9 Å². The van der Waals surface area contributed by atoms with Crippen LogP contribution in [0, 0.1) is 17.2 Å². The molecule has 192 valence electrons. The van der Waals surface area contributed by atoms with Crippen LogP contribution in [0.4, 0.5) is 11.6 Å². The van der Waals surface area contributed by atoms with Gasteiger partial charge in [-0.05, 0) is 61.9 Å². The van der Waals surface area contributed by atoms with Crippen LogP contribution in [0.15, 0.2) is 48.9 Å². The van der Waals surface area contributed by atoms with Gasteiger partial charge in [0.1, 0.15) is 0 Å². The molecule has 3 aromatic rings. The molecule has 2 aliphatic rings. The maximum atomic E-state index is 12.9. The SMILES string of the molecule is COC1CCN(C(=O)c2ccc(Nc3nccc(-c4cnn(C(CC#N)C5CCCC5)c4)n3)cc2)CC1. The Labute approximate surface area is 217 Å². The summed E-state index contributed by atoms with van der Waals surface area (Å²) in [5.74, 6) is 1.01. The number of aromatic nitrogens is 4. The van der Waals surface area contributed by atoms with Crippen LogP contribution in [0.25, 0.3) is 11.3 Å². The first-order valence-electron chi connectivity index (χ1n) is 13.1. The van der Waals surface area contributed by atoms with E-state index in [1.807, 2.05) is 46.1 Å². The first-order chi connectivity index (χ1) is 18.1. The number of ether oxygens (including phenoxy) is 1. The Morgan fingerprint density at radius 3 is 2.62 bits per heavy atom. The lowest BCUT2D eigenvalue weighted by molar-refractivity contribution is 0.0351. The second-order valence-electron chi connectivity index (χ2n) is 9.88. The van der Waals surface area contributed by atoms with E-state index in [0.717, 1.165) is 42.6 Å². The van der Waals surface area contributed by atoms with Crippen molar-refractivity contribution in [2.75, 3.05) is 25.5 Å². The Kier molecular flexibility index (Phi) is 7.76. The molecule has 3 heterocycles. The molecule has 2 fully saturated rings. The molecule has 1 atom stereocenters. The number of carbonyl (C=O) groups is 1. The largest absolute Gasteiger partial charge is 0.381 e. The monoisotopic (exact) mass is 499 g/mol. The third-order valence-electron chi connectivity index (χ3n) is 7.59. The minimum Gasteiger partial charge on any atom is -0.381 e. The number of hydrogen-bond acceptors (Lipinski definition) is 7. The van der Waals surface area contributed by atoms with Gasteiger partial charge in [0.2, 0.25) is 5.95 Å². The molecule has 1 aliphatic heterocycles. The smallest absolute Gasteiger partial charge is 0.253 e. The number of benzene rings is 1. The quantitative estimate of drug-likeness (QED) is 0.465. The van der Waals surface area contributed by atoms with E-state index >= 15 is 0 Å². The van der Waals surface area contributed by atoms with E-state index < -0.39 is 0 Å². The highest BCUT2D eigenvalue weighted by Gasteiger charge is 2.27. The highest BCUT2D eigenvalue weighted by molar-refractivity contribution is 5.94. The fourth-order valence-corrected chi connectivity index (χ4v) is 5.45. The number of anilines is 2. The fraction of sp³-hybridized carbons (Fsp3) is 0.464. The van der Waals surface area contributed by atoms with Gasteiger partial charge in [-0.3, -0.25) is 9.48 Å². The van der Waals surface area contributed by atoms with Gasteiger partial charge in [0.05, 0.1) is 36.5 Å². The summed E-state index contributed by atoms with van der Waals surface area (Å²) >= 11 is 0. The van der Waals surface area contributed by atoms with E-state index in [1.54, 1.807) is 19.5 Å². The van der Waals surface area contributed by atoms with E-state index in [0.29, 0.717) is 36.9 Å². The third kappa shape index (κ3) is 5.81. The molecular formula is C28H33N7O2. The number of hydrogen-bond donors (Lipinski definition) is 1. The number of nitrogens with one attached hydrogen (secondary N) is 1. The van der Waals surface area contributed by atoms with Gasteiger partial charge in [-0.2, -0.15) is 10.4 Å². The van der Waals surface area contributed by atoms with E-state index in [4.69, 9.17) is 4.74 Å². The van der Waals surface area contributed by atoms with Gasteiger partial charge in [-0.25, -0.2) is 9.97 Å². The van der Waals surface area contributed by atoms with Crippen molar-refractivity contribution in [3.63, 3.8) is 0 Å². The van der Waals surface area contributed by atoms with Gasteiger partial charge in [0.25, 0.3) is 5.91 Å². The van der Waals surface area contributed by atoms with Gasteiger partial charge in [0.15, 0.2) is 0 Å². The van der Waals surface area contributed by atoms with Crippen LogP contribution in [0.5, 0.6) is 0 Å². The predicted octanol–water partition coefficient (Wildman–Crippen LogP) is 4.98. The molecule has 0 radical (unpaired) electrons. The van der Waals surface area contributed by atoms with Crippen molar-refractivity contribution >= 4 is 17.5 Å². The molecule has 1 aliphatic carbocycles. The number of nitrogens with zero attached hydrogens (tertiary/aromatic N) is 6. The van der Waals surface area contributed by atoms with Crippen LogP contribution in [-0.2, 0) is 4.74 Å². The summed E-state index contributed by atoms with van der Waals surface area (Å²) in [6.07, 6.45) is 12.7. The average Bonchev–Trinajstić information content (AvgIpc) is 3.65. The molecule has 9 heteroatoms. The van der Waals surface area contributed by atoms with Crippen molar-refractivity contribution in [3.05, 3.63) is 54.5 Å². The Bertz CT molecular complexity index is 1240. The summed E-state index contributed by atoms with van der Waals surface area (Å²) < 4.78 is 7.34. The van der Waals surface area contributed by atoms with Gasteiger partial charge >= 0.3 is 0 Å². The van der Waals surface area contributed by atoms with Crippen LogP contribution in [0.2, 0.25) is 0 Å². The molecule has 37 heavy (non-hydrogen) atoms. The lowest BCUT2D eigenvalue weighted by Gasteiger charge is -2.31. The van der Waals surface area contributed by atoms with E-state index in [2.05, 4.69) is 26.5 Å². The minimum atomic E-state index is 0.0451. The second-order valence-corrected chi connectivity index (χ2v) is 9.88. The van der Waals surface area contributed by atoms with Gasteiger partial charge in [0, 0.05) is 49.4 Å². The average molecular weight is 500 g/mol. The topological polar surface area (TPSA) is 109 Å². The number of rotatable bonds is 8. The summed E-state index contributed by atoms with van der Waals surface area (Å²) in [6.45, 7) is 1.43. The lowest BCUT2D eigenvalue weighted by atomic mass is 9.96. The predicted molar refractivity (Wildman–Crippen MR) is 140 cm³/mol. The zero-order valence-corrected chi connectivity index (χ0v) is 21.2. The molecule has 1 unspecified atom stereocenters. The van der Waals surface area contributed by atoms with Crippen LogP contribution < -0.4 is 5.32 Å². The standard InChI is InChI=1S/C28H33N7O2/c1-37-24-12-16-34(17-13-24)27(36)21-6-8-23(9-7-21)32-28-30-15-11-25(33-28)22-18-31-35(19-22)26(10-14-29)20-4-2-3-5-20/h6-9,11,15,18-20,24,26H,2-5,10,12-13,16-17H2,1H3,(H,30,32,33). The number of likely N-dealkylation sites (tertiary alicyclic amines) is 1. The molecule has 1 aromatic carbocycles. The fourth-order valence-electron chi connectivity index (χ4n) is 5.45. The Morgan fingerprint density at radius 1 is 1.16 bits per heavy atom. The van der Waals surface area contributed by atoms with E-state index in [1.165, 1.54) is 12.8 Å². The number of carbonyl (C=O) groups excluding carboxylic acids is 1. The van der Waals surface area contributed by atoms with Crippen molar-refractivity contribution in [2.45, 2.75) is 57.1 Å². The first kappa shape index (κ1) is 24.9. The van der Waals surface area contributed by atoms with Crippen LogP contribution in [0.3, 0.4) is 0 Å². The molecule has 1 N–H and O–H groups in total. The molecule has 1 saturated heterocycles. The summed E-state index contributed by atoms with van der Waals surface area (Å²) in [5.41, 5.74) is 3.12. The zero-order chi connectivity index (χ0) is 25.6. The summed E-state index contributed by atoms with van der Waals surface area (Å²) in [6, 6.07) is 11.7. The second kappa shape index (κ2) is 11.5. The third-order valence-corrected chi connectivity index (χ3v) is 7.59. The highest BCUT2D eigenvalue weighted by atomic mass is 16.5. The van der Waals surface area contributed by atoms with Crippen molar-refractivity contribution in [3.8, 4) is 17.3 Å². The number of methoxy groups -OCH3 is 1. The van der Waals surface area contributed by atoms with Gasteiger partial charge < -0.3 is 15.0 Å². The van der Waals surface area contributed by atoms with E-state index in [9.17, 15) is 10.1 Å². The van der Waals surface area contributed by atoms with Gasteiger partial charge in [-0.15, -0.1) is 0 Å². The highest BCUT2D eigenvalue weighted by Crippen LogP contribution is 2.36. The number of nitriles is 1. The lowest BCUT2D eigenvalue weighted by Crippen LogP contribution is -2.40. The van der Waals surface area contributed by atoms with Crippen molar-refractivity contribution in [1.82, 2.24) is 24.6 Å². The molecular weight excluding hydrogens is 466 g/mol. The van der Waals surface area contributed by atoms with Crippen molar-refractivity contribution in [2.24, 2.45) is 5.92 Å². The van der Waals surface area contributed by atoms with Crippen molar-refractivity contribution < 1.29 is 9.53 Å². The van der Waals surface area contributed by atoms with Crippen LogP contribution >= 0.6 is 0 Å². The maximum Gasteiger partial charge on any atom is 0.253 e. The minimum absolute atomic E-state index is 0.0451. The normalized spacial score (nSPS) is 17.5. The van der Waals surface area contributed by atoms with E-state index in [-0.39, 0.29) is 18.1 Å². The number of amides is 1. The van der Waals surface area contributed by atoms with Gasteiger partial charge in [-0.1, -0.05) is 12.8 Å². The van der Waals surface area contributed by atoms with Crippen molar-refractivity contribution in [1.29, 1.82) is 5.26 Å². The summed E-state index contributed by atoms with van der Waals surface area (Å²) in [7, 11) is 1.73. The Morgan fingerprint density at radius 2 is 1.92 bits per heavy atom. The molecule has 1 amide bonds. The molecule has 0 bridgehead atoms. The molecule has 0 spiro atoms. The molecule has 1 saturated carbocycles. The molecule has 9 nitrogen and oxygen atoms in total. The van der Waals surface area contributed by atoms with Crippen LogP contribution in [0.1, 0.15) is 61.3 Å². The summed E-state index contributed by atoms with van der Waals surface area (Å²) in [5, 5.41) is 17.2. The summed E-state index contributed by atoms with van der Waals surface area (Å²) in [4.78, 5) is 23.8.